The van der Waals surface area contributed by atoms with Gasteiger partial charge in [-0.1, -0.05) is 45.9 Å². The molecule has 50 heavy (non-hydrogen) atoms. The van der Waals surface area contributed by atoms with E-state index in [1.54, 1.807) is 19.9 Å². The number of rotatable bonds is 9. The maximum atomic E-state index is 13.3. The van der Waals surface area contributed by atoms with Crippen molar-refractivity contribution in [1.82, 2.24) is 4.90 Å². The minimum Gasteiger partial charge on any atom is -0.456 e. The van der Waals surface area contributed by atoms with Crippen LogP contribution in [0.5, 0.6) is 0 Å². The highest BCUT2D eigenvalue weighted by atomic mass is 16.7. The van der Waals surface area contributed by atoms with Gasteiger partial charge in [-0.05, 0) is 65.3 Å². The monoisotopic (exact) mass is 711 g/mol. The Balaban J connectivity index is 1.90. The summed E-state index contributed by atoms with van der Waals surface area (Å²) in [5.41, 5.74) is -1.85. The SMILES string of the molecule is CC[C@@H]1OC(=O)/C=C/[C@H](C)[C@@H](O[C@H]2O[C@@H](C)C[C@H](N(C)C)[C@@H]2O)[C@H](C)C[C@@H](C)C(=O)/C=C/C=C\[C@@]1(O)CO[C@@H]1O[C@H](C)[C@@H](O)[C@H](OC)[C@H]1OC. The Labute approximate surface area is 297 Å². The minimum atomic E-state index is -1.85. The zero-order valence-corrected chi connectivity index (χ0v) is 31.3. The van der Waals surface area contributed by atoms with E-state index in [4.69, 9.17) is 33.2 Å². The summed E-state index contributed by atoms with van der Waals surface area (Å²) in [4.78, 5) is 28.5. The van der Waals surface area contributed by atoms with Crippen LogP contribution in [-0.4, -0.2) is 140 Å². The van der Waals surface area contributed by atoms with Crippen LogP contribution in [0.25, 0.3) is 0 Å². The summed E-state index contributed by atoms with van der Waals surface area (Å²) in [5.74, 6) is -1.66. The molecule has 2 saturated heterocycles. The lowest BCUT2D eigenvalue weighted by molar-refractivity contribution is -0.310. The Morgan fingerprint density at radius 3 is 2.20 bits per heavy atom. The molecule has 13 heteroatoms. The van der Waals surface area contributed by atoms with Crippen LogP contribution >= 0.6 is 0 Å². The smallest absolute Gasteiger partial charge is 0.330 e. The number of carbonyl (C=O) groups excluding carboxylic acids is 2. The van der Waals surface area contributed by atoms with Crippen LogP contribution in [0.1, 0.15) is 60.8 Å². The number of nitrogens with zero attached hydrogens (tertiary/aromatic N) is 1. The number of ether oxygens (including phenoxy) is 7. The van der Waals surface area contributed by atoms with E-state index in [0.717, 1.165) is 0 Å². The van der Waals surface area contributed by atoms with Gasteiger partial charge in [-0.2, -0.15) is 0 Å². The van der Waals surface area contributed by atoms with Crippen LogP contribution in [-0.2, 0) is 42.7 Å². The molecule has 13 nitrogen and oxygen atoms in total. The number of aliphatic hydroxyl groups excluding tert-OH is 2. The third-order valence-corrected chi connectivity index (χ3v) is 10.1. The number of methoxy groups -OCH3 is 2. The number of hydrogen-bond donors (Lipinski definition) is 3. The molecular weight excluding hydrogens is 650 g/mol. The summed E-state index contributed by atoms with van der Waals surface area (Å²) in [6.07, 6.45) is 2.53. The molecule has 0 aliphatic carbocycles. The standard InChI is InChI=1S/C37H61NO12/c1-11-28-37(43,20-46-36-34(45-10)33(44-9)30(41)25(6)48-36)17-13-12-14-27(39)22(3)18-23(4)32(21(2)15-16-29(40)49-28)50-35-31(42)26(38(7)8)19-24(5)47-35/h12-17,21-26,28,30-36,41-43H,11,18-20H2,1-10H3/b14-12+,16-15+,17-13-/t21-,22+,23+,24-,25+,26-,28-,30+,31-,32+,33-,34+,35+,36+,37+/m0/s1. The highest BCUT2D eigenvalue weighted by Gasteiger charge is 2.47. The number of allylic oxidation sites excluding steroid dienone is 3. The number of carbonyl (C=O) groups is 2. The number of cyclic esters (lactones) is 1. The van der Waals surface area contributed by atoms with Crippen molar-refractivity contribution >= 4 is 11.8 Å². The van der Waals surface area contributed by atoms with Gasteiger partial charge in [0.15, 0.2) is 18.4 Å². The molecule has 0 bridgehead atoms. The van der Waals surface area contributed by atoms with Crippen molar-refractivity contribution in [2.75, 3.05) is 34.9 Å². The molecule has 2 fully saturated rings. The van der Waals surface area contributed by atoms with Gasteiger partial charge in [-0.25, -0.2) is 4.79 Å². The summed E-state index contributed by atoms with van der Waals surface area (Å²) in [6, 6.07) is -0.167. The van der Waals surface area contributed by atoms with Crippen LogP contribution in [0, 0.1) is 17.8 Å². The number of hydrogen-bond acceptors (Lipinski definition) is 13. The summed E-state index contributed by atoms with van der Waals surface area (Å²) < 4.78 is 41.3. The number of likely N-dealkylation sites (N-methyl/N-ethyl adjacent to an activating group) is 1. The van der Waals surface area contributed by atoms with Gasteiger partial charge in [0.2, 0.25) is 0 Å². The van der Waals surface area contributed by atoms with Gasteiger partial charge in [0, 0.05) is 38.2 Å². The van der Waals surface area contributed by atoms with E-state index in [0.29, 0.717) is 12.8 Å². The van der Waals surface area contributed by atoms with E-state index < -0.39 is 66.9 Å². The maximum Gasteiger partial charge on any atom is 0.330 e. The fourth-order valence-electron chi connectivity index (χ4n) is 7.09. The predicted molar refractivity (Wildman–Crippen MR) is 185 cm³/mol. The average Bonchev–Trinajstić information content (AvgIpc) is 3.07. The van der Waals surface area contributed by atoms with Gasteiger partial charge in [0.1, 0.15) is 36.1 Å². The van der Waals surface area contributed by atoms with E-state index in [1.165, 1.54) is 44.6 Å². The second-order valence-corrected chi connectivity index (χ2v) is 14.4. The normalized spacial score (nSPS) is 44.4. The van der Waals surface area contributed by atoms with Gasteiger partial charge in [-0.3, -0.25) is 4.79 Å². The van der Waals surface area contributed by atoms with Gasteiger partial charge in [0.05, 0.1) is 24.9 Å². The van der Waals surface area contributed by atoms with E-state index >= 15 is 0 Å². The number of aliphatic hydroxyl groups is 3. The van der Waals surface area contributed by atoms with Crippen molar-refractivity contribution in [1.29, 1.82) is 0 Å². The van der Waals surface area contributed by atoms with E-state index in [9.17, 15) is 24.9 Å². The molecule has 286 valence electrons. The lowest BCUT2D eigenvalue weighted by atomic mass is 9.84. The first-order valence-corrected chi connectivity index (χ1v) is 17.7. The van der Waals surface area contributed by atoms with Gasteiger partial charge < -0.3 is 53.4 Å². The summed E-state index contributed by atoms with van der Waals surface area (Å²) in [7, 11) is 6.70. The lowest BCUT2D eigenvalue weighted by Gasteiger charge is -2.43. The highest BCUT2D eigenvalue weighted by Crippen LogP contribution is 2.32. The molecule has 15 atom stereocenters. The molecule has 0 saturated carbocycles. The second-order valence-electron chi connectivity index (χ2n) is 14.4. The zero-order chi connectivity index (χ0) is 37.3. The Kier molecular flexibility index (Phi) is 16.2. The molecule has 3 aliphatic rings. The molecule has 0 spiro atoms. The lowest BCUT2D eigenvalue weighted by Crippen LogP contribution is -2.59. The van der Waals surface area contributed by atoms with Crippen LogP contribution in [0.2, 0.25) is 0 Å². The molecule has 0 unspecified atom stereocenters. The first-order valence-electron chi connectivity index (χ1n) is 17.7. The van der Waals surface area contributed by atoms with E-state index in [-0.39, 0.29) is 48.7 Å². The Morgan fingerprint density at radius 2 is 1.58 bits per heavy atom. The average molecular weight is 712 g/mol. The molecule has 3 heterocycles. The van der Waals surface area contributed by atoms with Crippen LogP contribution < -0.4 is 0 Å². The Morgan fingerprint density at radius 1 is 0.900 bits per heavy atom. The summed E-state index contributed by atoms with van der Waals surface area (Å²) >= 11 is 0. The van der Waals surface area contributed by atoms with Gasteiger partial charge in [0.25, 0.3) is 0 Å². The van der Waals surface area contributed by atoms with Crippen LogP contribution in [0.4, 0.5) is 0 Å². The molecule has 0 aromatic carbocycles. The van der Waals surface area contributed by atoms with Crippen molar-refractivity contribution in [3.8, 4) is 0 Å². The first kappa shape index (κ1) is 42.4. The number of esters is 1. The van der Waals surface area contributed by atoms with Gasteiger partial charge >= 0.3 is 5.97 Å². The summed E-state index contributed by atoms with van der Waals surface area (Å²) in [6.45, 7) is 10.7. The van der Waals surface area contributed by atoms with Crippen molar-refractivity contribution in [3.05, 3.63) is 36.5 Å². The third-order valence-electron chi connectivity index (χ3n) is 10.1. The fourth-order valence-corrected chi connectivity index (χ4v) is 7.09. The largest absolute Gasteiger partial charge is 0.456 e. The maximum absolute atomic E-state index is 13.3. The minimum absolute atomic E-state index is 0.110. The topological polar surface area (TPSA) is 163 Å². The molecule has 0 aromatic heterocycles. The first-order chi connectivity index (χ1) is 23.6. The molecule has 3 rings (SSSR count). The molecule has 3 N–H and O–H groups in total. The predicted octanol–water partition coefficient (Wildman–Crippen LogP) is 2.55. The molecular formula is C37H61NO12. The zero-order valence-electron chi connectivity index (χ0n) is 31.3. The molecule has 0 aromatic rings. The third kappa shape index (κ3) is 10.8. The molecule has 0 amide bonds. The Bertz CT molecular complexity index is 1180. The van der Waals surface area contributed by atoms with Crippen molar-refractivity contribution in [3.63, 3.8) is 0 Å². The number of ketones is 1. The van der Waals surface area contributed by atoms with Gasteiger partial charge in [-0.15, -0.1) is 0 Å². The van der Waals surface area contributed by atoms with Crippen LogP contribution in [0.15, 0.2) is 36.5 Å². The second kappa shape index (κ2) is 19.2. The van der Waals surface area contributed by atoms with Crippen molar-refractivity contribution < 1.29 is 58.1 Å². The van der Waals surface area contributed by atoms with Crippen LogP contribution in [0.3, 0.4) is 0 Å². The van der Waals surface area contributed by atoms with Crippen molar-refractivity contribution in [2.24, 2.45) is 17.8 Å². The Hall–Kier alpha value is -2.04. The van der Waals surface area contributed by atoms with E-state index in [1.807, 2.05) is 46.7 Å². The summed E-state index contributed by atoms with van der Waals surface area (Å²) in [5, 5.41) is 33.7. The quantitative estimate of drug-likeness (QED) is 0.300. The highest BCUT2D eigenvalue weighted by molar-refractivity contribution is 5.91. The molecule has 0 radical (unpaired) electrons. The van der Waals surface area contributed by atoms with Crippen molar-refractivity contribution in [2.45, 2.75) is 134 Å². The van der Waals surface area contributed by atoms with E-state index in [2.05, 4.69) is 0 Å². The molecule has 3 aliphatic heterocycles. The fraction of sp³-hybridized carbons (Fsp3) is 0.784.